The number of amides is 1. The smallest absolute Gasteiger partial charge is 0.251 e. The molecule has 0 saturated heterocycles. The van der Waals surface area contributed by atoms with Gasteiger partial charge in [-0.3, -0.25) is 4.79 Å². The van der Waals surface area contributed by atoms with Gasteiger partial charge in [0.25, 0.3) is 5.91 Å². The second kappa shape index (κ2) is 19.2. The first-order valence-corrected chi connectivity index (χ1v) is 14.7. The van der Waals surface area contributed by atoms with Crippen LogP contribution in [0.5, 0.6) is 5.75 Å². The van der Waals surface area contributed by atoms with E-state index >= 15 is 0 Å². The molecule has 9 heteroatoms. The maximum atomic E-state index is 12.4. The average molecular weight is 531 g/mol. The van der Waals surface area contributed by atoms with Gasteiger partial charge in [0.15, 0.2) is 0 Å². The van der Waals surface area contributed by atoms with Gasteiger partial charge in [0.1, 0.15) is 12.4 Å². The Morgan fingerprint density at radius 3 is 2.26 bits per heavy atom. The van der Waals surface area contributed by atoms with Crippen LogP contribution in [0.3, 0.4) is 0 Å². The van der Waals surface area contributed by atoms with Crippen LogP contribution in [0.25, 0.3) is 0 Å². The molecule has 0 aliphatic rings. The number of rotatable bonds is 20. The van der Waals surface area contributed by atoms with Crippen molar-refractivity contribution in [3.63, 3.8) is 0 Å². The standard InChI is InChI=1S/C26H46N2O5S2/c1-21(2)27-11-8-13-30-15-17-32-18-16-31-14-12-28-25(29)23-9-7-10-24(19-23)33-20-22(3)34-35-26(4,5)6/h7,9-10,19,21-22,27H,8,11-18,20H2,1-6H3,(H,28,29)/t22-/m0/s1. The van der Waals surface area contributed by atoms with E-state index in [0.717, 1.165) is 19.6 Å². The van der Waals surface area contributed by atoms with Gasteiger partial charge in [-0.05, 0) is 38.1 Å². The summed E-state index contributed by atoms with van der Waals surface area (Å²) in [6, 6.07) is 7.79. The van der Waals surface area contributed by atoms with Crippen molar-refractivity contribution < 1.29 is 23.7 Å². The van der Waals surface area contributed by atoms with Crippen LogP contribution in [-0.2, 0) is 14.2 Å². The summed E-state index contributed by atoms with van der Waals surface area (Å²) in [5.41, 5.74) is 0.579. The lowest BCUT2D eigenvalue weighted by Crippen LogP contribution is -2.27. The highest BCUT2D eigenvalue weighted by atomic mass is 33.1. The van der Waals surface area contributed by atoms with Crippen LogP contribution >= 0.6 is 21.6 Å². The number of hydrogen-bond acceptors (Lipinski definition) is 8. The fourth-order valence-electron chi connectivity index (χ4n) is 2.64. The van der Waals surface area contributed by atoms with Crippen LogP contribution in [0.4, 0.5) is 0 Å². The topological polar surface area (TPSA) is 78.0 Å². The first-order chi connectivity index (χ1) is 16.7. The molecule has 0 aromatic heterocycles. The Hall–Kier alpha value is -0.970. The summed E-state index contributed by atoms with van der Waals surface area (Å²) in [5, 5.41) is 6.58. The van der Waals surface area contributed by atoms with Crippen molar-refractivity contribution in [2.75, 3.05) is 59.3 Å². The van der Waals surface area contributed by atoms with Crippen molar-refractivity contribution >= 4 is 27.5 Å². The van der Waals surface area contributed by atoms with E-state index in [2.05, 4.69) is 52.2 Å². The highest BCUT2D eigenvalue weighted by molar-refractivity contribution is 8.77. The van der Waals surface area contributed by atoms with Crippen LogP contribution in [0.2, 0.25) is 0 Å². The highest BCUT2D eigenvalue weighted by Crippen LogP contribution is 2.37. The molecule has 1 rings (SSSR count). The molecule has 202 valence electrons. The first kappa shape index (κ1) is 32.1. The summed E-state index contributed by atoms with van der Waals surface area (Å²) >= 11 is 0. The molecule has 0 aliphatic heterocycles. The third-order valence-corrected chi connectivity index (χ3v) is 8.17. The van der Waals surface area contributed by atoms with Gasteiger partial charge in [0, 0.05) is 34.8 Å². The monoisotopic (exact) mass is 530 g/mol. The third kappa shape index (κ3) is 18.9. The quantitative estimate of drug-likeness (QED) is 0.184. The number of benzene rings is 1. The van der Waals surface area contributed by atoms with Gasteiger partial charge in [-0.2, -0.15) is 0 Å². The maximum absolute atomic E-state index is 12.4. The number of carbonyl (C=O) groups excluding carboxylic acids is 1. The van der Waals surface area contributed by atoms with Crippen molar-refractivity contribution in [2.45, 2.75) is 64.0 Å². The Morgan fingerprint density at radius 2 is 1.60 bits per heavy atom. The Labute approximate surface area is 220 Å². The van der Waals surface area contributed by atoms with Crippen molar-refractivity contribution in [3.8, 4) is 5.75 Å². The van der Waals surface area contributed by atoms with Gasteiger partial charge in [-0.1, -0.05) is 62.3 Å². The minimum atomic E-state index is -0.137. The molecule has 0 fully saturated rings. The van der Waals surface area contributed by atoms with E-state index in [4.69, 9.17) is 18.9 Å². The van der Waals surface area contributed by atoms with Crippen LogP contribution in [0.15, 0.2) is 24.3 Å². The summed E-state index contributed by atoms with van der Waals surface area (Å²) in [4.78, 5) is 12.4. The SMILES string of the molecule is CC(C)NCCCOCCOCCOCCNC(=O)c1cccc(OC[C@H](C)SSC(C)(C)C)c1. The van der Waals surface area contributed by atoms with E-state index in [1.807, 2.05) is 33.7 Å². The van der Waals surface area contributed by atoms with Gasteiger partial charge in [0.05, 0.1) is 33.0 Å². The summed E-state index contributed by atoms with van der Waals surface area (Å²) < 4.78 is 22.6. The normalized spacial score (nSPS) is 12.7. The van der Waals surface area contributed by atoms with E-state index in [1.165, 1.54) is 0 Å². The van der Waals surface area contributed by atoms with Crippen molar-refractivity contribution in [3.05, 3.63) is 29.8 Å². The molecule has 0 aliphatic carbocycles. The Balaban J connectivity index is 2.06. The molecule has 0 spiro atoms. The van der Waals surface area contributed by atoms with E-state index in [9.17, 15) is 4.79 Å². The number of hydrogen-bond donors (Lipinski definition) is 2. The van der Waals surface area contributed by atoms with E-state index in [1.54, 1.807) is 12.1 Å². The minimum absolute atomic E-state index is 0.137. The summed E-state index contributed by atoms with van der Waals surface area (Å²) in [5.74, 6) is 0.567. The molecule has 0 heterocycles. The van der Waals surface area contributed by atoms with Gasteiger partial charge in [-0.25, -0.2) is 0 Å². The lowest BCUT2D eigenvalue weighted by molar-refractivity contribution is 0.0147. The van der Waals surface area contributed by atoms with Crippen molar-refractivity contribution in [1.82, 2.24) is 10.6 Å². The largest absolute Gasteiger partial charge is 0.492 e. The zero-order chi connectivity index (χ0) is 25.9. The second-order valence-corrected chi connectivity index (χ2v) is 13.0. The Morgan fingerprint density at radius 1 is 0.943 bits per heavy atom. The van der Waals surface area contributed by atoms with Crippen LogP contribution in [0.1, 0.15) is 58.3 Å². The molecule has 35 heavy (non-hydrogen) atoms. The van der Waals surface area contributed by atoms with Gasteiger partial charge >= 0.3 is 0 Å². The second-order valence-electron chi connectivity index (χ2n) is 9.50. The predicted molar refractivity (Wildman–Crippen MR) is 149 cm³/mol. The number of ether oxygens (including phenoxy) is 4. The maximum Gasteiger partial charge on any atom is 0.251 e. The molecule has 1 aromatic carbocycles. The first-order valence-electron chi connectivity index (χ1n) is 12.5. The molecule has 1 atom stereocenters. The van der Waals surface area contributed by atoms with Gasteiger partial charge in [-0.15, -0.1) is 0 Å². The van der Waals surface area contributed by atoms with Crippen LogP contribution in [-0.4, -0.2) is 81.3 Å². The summed E-state index contributed by atoms with van der Waals surface area (Å²) in [6.45, 7) is 18.3. The van der Waals surface area contributed by atoms with Gasteiger partial charge in [0.2, 0.25) is 0 Å². The van der Waals surface area contributed by atoms with Crippen LogP contribution < -0.4 is 15.4 Å². The van der Waals surface area contributed by atoms with Crippen LogP contribution in [0, 0.1) is 0 Å². The van der Waals surface area contributed by atoms with E-state index in [0.29, 0.717) is 68.8 Å². The minimum Gasteiger partial charge on any atom is -0.492 e. The van der Waals surface area contributed by atoms with Crippen molar-refractivity contribution in [2.24, 2.45) is 0 Å². The zero-order valence-corrected chi connectivity index (χ0v) is 24.0. The molecule has 2 N–H and O–H groups in total. The molecule has 7 nitrogen and oxygen atoms in total. The summed E-state index contributed by atoms with van der Waals surface area (Å²) in [6.07, 6.45) is 1.000. The molecule has 1 amide bonds. The van der Waals surface area contributed by atoms with E-state index < -0.39 is 0 Å². The lowest BCUT2D eigenvalue weighted by Gasteiger charge is -2.20. The Kier molecular flexibility index (Phi) is 17.6. The molecule has 1 aromatic rings. The predicted octanol–water partition coefficient (Wildman–Crippen LogP) is 4.80. The molecular formula is C26H46N2O5S2. The van der Waals surface area contributed by atoms with E-state index in [-0.39, 0.29) is 10.7 Å². The fourth-order valence-corrected chi connectivity index (χ4v) is 4.74. The van der Waals surface area contributed by atoms with Gasteiger partial charge < -0.3 is 29.6 Å². The molecule has 0 unspecified atom stereocenters. The number of nitrogens with one attached hydrogen (secondary N) is 2. The zero-order valence-electron chi connectivity index (χ0n) is 22.4. The fraction of sp³-hybridized carbons (Fsp3) is 0.731. The molecular weight excluding hydrogens is 484 g/mol. The molecule has 0 saturated carbocycles. The Bertz CT molecular complexity index is 686. The molecule has 0 bridgehead atoms. The highest BCUT2D eigenvalue weighted by Gasteiger charge is 2.14. The molecule has 0 radical (unpaired) electrons. The van der Waals surface area contributed by atoms with Crippen molar-refractivity contribution in [1.29, 1.82) is 0 Å². The number of carbonyl (C=O) groups is 1. The summed E-state index contributed by atoms with van der Waals surface area (Å²) in [7, 11) is 3.67. The average Bonchev–Trinajstić information content (AvgIpc) is 2.81. The lowest BCUT2D eigenvalue weighted by atomic mass is 10.2. The third-order valence-electron chi connectivity index (χ3n) is 4.34.